The maximum atomic E-state index is 11.1. The Labute approximate surface area is 99.0 Å². The Morgan fingerprint density at radius 2 is 2.25 bits per heavy atom. The molecule has 3 nitrogen and oxygen atoms in total. The number of carboxylic acids is 1. The molecule has 0 bridgehead atoms. The van der Waals surface area contributed by atoms with Crippen LogP contribution in [0.2, 0.25) is 5.02 Å². The second-order valence-corrected chi connectivity index (χ2v) is 4.60. The van der Waals surface area contributed by atoms with E-state index in [1.165, 1.54) is 0 Å². The normalized spacial score (nSPS) is 16.9. The summed E-state index contributed by atoms with van der Waals surface area (Å²) in [6, 6.07) is 5.43. The van der Waals surface area contributed by atoms with Gasteiger partial charge in [-0.15, -0.1) is 0 Å². The Hall–Kier alpha value is -1.22. The van der Waals surface area contributed by atoms with E-state index in [1.54, 1.807) is 13.2 Å². The van der Waals surface area contributed by atoms with Gasteiger partial charge >= 0.3 is 5.97 Å². The molecule has 0 unspecified atom stereocenters. The van der Waals surface area contributed by atoms with Crippen LogP contribution in [0.4, 0.5) is 0 Å². The van der Waals surface area contributed by atoms with E-state index in [4.69, 9.17) is 21.4 Å². The number of halogens is 1. The van der Waals surface area contributed by atoms with E-state index in [-0.39, 0.29) is 0 Å². The van der Waals surface area contributed by atoms with Crippen LogP contribution in [-0.4, -0.2) is 18.2 Å². The highest BCUT2D eigenvalue weighted by Crippen LogP contribution is 2.50. The van der Waals surface area contributed by atoms with Gasteiger partial charge in [0.15, 0.2) is 0 Å². The Morgan fingerprint density at radius 1 is 1.56 bits per heavy atom. The minimum atomic E-state index is -0.727. The number of benzene rings is 1. The molecule has 0 atom stereocenters. The summed E-state index contributed by atoms with van der Waals surface area (Å²) in [5.74, 6) is -0.133. The average molecular weight is 241 g/mol. The van der Waals surface area contributed by atoms with Crippen molar-refractivity contribution in [1.29, 1.82) is 0 Å². The zero-order valence-corrected chi connectivity index (χ0v) is 9.75. The summed E-state index contributed by atoms with van der Waals surface area (Å²) in [5, 5.41) is 9.65. The van der Waals surface area contributed by atoms with Crippen molar-refractivity contribution in [3.05, 3.63) is 28.8 Å². The van der Waals surface area contributed by atoms with Crippen molar-refractivity contribution in [3.63, 3.8) is 0 Å². The fraction of sp³-hybridized carbons (Fsp3) is 0.417. The molecule has 0 aliphatic heterocycles. The Balaban J connectivity index is 2.28. The van der Waals surface area contributed by atoms with E-state index in [1.807, 2.05) is 12.1 Å². The molecule has 16 heavy (non-hydrogen) atoms. The Kier molecular flexibility index (Phi) is 2.80. The molecule has 0 saturated heterocycles. The van der Waals surface area contributed by atoms with Crippen molar-refractivity contribution >= 4 is 17.6 Å². The third-order valence-corrected chi connectivity index (χ3v) is 3.39. The maximum absolute atomic E-state index is 11.1. The van der Waals surface area contributed by atoms with Gasteiger partial charge in [0.2, 0.25) is 0 Å². The molecule has 0 radical (unpaired) electrons. The van der Waals surface area contributed by atoms with Crippen LogP contribution in [0.3, 0.4) is 0 Å². The Bertz CT molecular complexity index is 424. The first-order valence-corrected chi connectivity index (χ1v) is 5.52. The van der Waals surface area contributed by atoms with Crippen molar-refractivity contribution in [2.24, 2.45) is 5.41 Å². The van der Waals surface area contributed by atoms with Crippen LogP contribution in [0.15, 0.2) is 18.2 Å². The van der Waals surface area contributed by atoms with Crippen LogP contribution in [0, 0.1) is 5.41 Å². The van der Waals surface area contributed by atoms with E-state index in [9.17, 15) is 4.79 Å². The quantitative estimate of drug-likeness (QED) is 0.880. The van der Waals surface area contributed by atoms with Crippen LogP contribution >= 0.6 is 11.6 Å². The zero-order chi connectivity index (χ0) is 11.8. The number of hydrogen-bond donors (Lipinski definition) is 1. The van der Waals surface area contributed by atoms with Gasteiger partial charge in [-0.2, -0.15) is 0 Å². The van der Waals surface area contributed by atoms with Gasteiger partial charge in [0.05, 0.1) is 17.5 Å². The van der Waals surface area contributed by atoms with Gasteiger partial charge in [-0.25, -0.2) is 0 Å². The van der Waals surface area contributed by atoms with Crippen molar-refractivity contribution in [2.75, 3.05) is 7.11 Å². The third kappa shape index (κ3) is 1.87. The molecule has 1 fully saturated rings. The molecule has 0 spiro atoms. The molecule has 0 aromatic heterocycles. The largest absolute Gasteiger partial charge is 0.495 e. The number of rotatable bonds is 4. The summed E-state index contributed by atoms with van der Waals surface area (Å²) < 4.78 is 5.20. The smallest absolute Gasteiger partial charge is 0.309 e. The minimum Gasteiger partial charge on any atom is -0.495 e. The van der Waals surface area contributed by atoms with Crippen molar-refractivity contribution in [3.8, 4) is 5.75 Å². The molecule has 1 saturated carbocycles. The summed E-state index contributed by atoms with van der Waals surface area (Å²) in [4.78, 5) is 11.1. The summed E-state index contributed by atoms with van der Waals surface area (Å²) in [7, 11) is 1.55. The van der Waals surface area contributed by atoms with E-state index in [2.05, 4.69) is 0 Å². The molecule has 0 amide bonds. The fourth-order valence-electron chi connectivity index (χ4n) is 1.90. The molecule has 1 N–H and O–H groups in total. The van der Waals surface area contributed by atoms with Crippen molar-refractivity contribution in [1.82, 2.24) is 0 Å². The second kappa shape index (κ2) is 3.98. The summed E-state index contributed by atoms with van der Waals surface area (Å²) in [6.07, 6.45) is 1.96. The standard InChI is InChI=1S/C12H13ClO3/c1-16-10-8(3-2-4-9(10)13)7-12(5-6-12)11(14)15/h2-4H,5-7H2,1H3,(H,14,15). The number of carboxylic acid groups (broad SMARTS) is 1. The first-order chi connectivity index (χ1) is 7.59. The van der Waals surface area contributed by atoms with E-state index in [0.29, 0.717) is 17.2 Å². The van der Waals surface area contributed by atoms with Gasteiger partial charge in [0.1, 0.15) is 5.75 Å². The van der Waals surface area contributed by atoms with Crippen LogP contribution in [0.1, 0.15) is 18.4 Å². The number of aliphatic carboxylic acids is 1. The lowest BCUT2D eigenvalue weighted by Gasteiger charge is -2.13. The first-order valence-electron chi connectivity index (χ1n) is 5.14. The summed E-state index contributed by atoms with van der Waals surface area (Å²) in [6.45, 7) is 0. The monoisotopic (exact) mass is 240 g/mol. The molecule has 2 rings (SSSR count). The number of methoxy groups -OCH3 is 1. The molecule has 1 aliphatic carbocycles. The highest BCUT2D eigenvalue weighted by atomic mass is 35.5. The zero-order valence-electron chi connectivity index (χ0n) is 9.00. The van der Waals surface area contributed by atoms with Gasteiger partial charge in [-0.3, -0.25) is 4.79 Å². The van der Waals surface area contributed by atoms with Gasteiger partial charge in [0.25, 0.3) is 0 Å². The van der Waals surface area contributed by atoms with Crippen LogP contribution in [-0.2, 0) is 11.2 Å². The molecule has 1 aromatic carbocycles. The molecule has 1 aliphatic rings. The predicted octanol–water partition coefficient (Wildman–Crippen LogP) is 2.76. The van der Waals surface area contributed by atoms with Gasteiger partial charge < -0.3 is 9.84 Å². The number of para-hydroxylation sites is 1. The van der Waals surface area contributed by atoms with Gasteiger partial charge in [-0.1, -0.05) is 23.7 Å². The van der Waals surface area contributed by atoms with Crippen LogP contribution in [0.25, 0.3) is 0 Å². The number of hydrogen-bond acceptors (Lipinski definition) is 2. The molecular formula is C12H13ClO3. The SMILES string of the molecule is COc1c(Cl)cccc1CC1(C(=O)O)CC1. The second-order valence-electron chi connectivity index (χ2n) is 4.19. The van der Waals surface area contributed by atoms with Crippen molar-refractivity contribution < 1.29 is 14.6 Å². The average Bonchev–Trinajstić information content (AvgIpc) is 2.99. The lowest BCUT2D eigenvalue weighted by molar-refractivity contribution is -0.143. The topological polar surface area (TPSA) is 46.5 Å². The van der Waals surface area contributed by atoms with Gasteiger partial charge in [0, 0.05) is 0 Å². The molecule has 4 heteroatoms. The number of ether oxygens (including phenoxy) is 1. The maximum Gasteiger partial charge on any atom is 0.309 e. The van der Waals surface area contributed by atoms with Gasteiger partial charge in [-0.05, 0) is 30.9 Å². The number of carbonyl (C=O) groups is 1. The van der Waals surface area contributed by atoms with Crippen LogP contribution in [0.5, 0.6) is 5.75 Å². The summed E-state index contributed by atoms with van der Waals surface area (Å²) in [5.41, 5.74) is 0.285. The lowest BCUT2D eigenvalue weighted by Crippen LogP contribution is -2.17. The fourth-order valence-corrected chi connectivity index (χ4v) is 2.17. The molecule has 0 heterocycles. The minimum absolute atomic E-state index is 0.492. The van der Waals surface area contributed by atoms with E-state index < -0.39 is 11.4 Å². The lowest BCUT2D eigenvalue weighted by atomic mass is 9.96. The Morgan fingerprint density at radius 3 is 2.75 bits per heavy atom. The van der Waals surface area contributed by atoms with E-state index in [0.717, 1.165) is 18.4 Å². The predicted molar refractivity (Wildman–Crippen MR) is 61.0 cm³/mol. The molecule has 1 aromatic rings. The highest BCUT2D eigenvalue weighted by Gasteiger charge is 2.50. The first kappa shape index (κ1) is 11.3. The third-order valence-electron chi connectivity index (χ3n) is 3.09. The van der Waals surface area contributed by atoms with E-state index >= 15 is 0 Å². The highest BCUT2D eigenvalue weighted by molar-refractivity contribution is 6.32. The summed E-state index contributed by atoms with van der Waals surface area (Å²) >= 11 is 5.99. The molecule has 86 valence electrons. The van der Waals surface area contributed by atoms with Crippen LogP contribution < -0.4 is 4.74 Å². The van der Waals surface area contributed by atoms with Crippen molar-refractivity contribution in [2.45, 2.75) is 19.3 Å². The molecular weight excluding hydrogens is 228 g/mol.